The SMILES string of the molecule is O=C(c1cscc1Br)N1CCOCC1. The van der Waals surface area contributed by atoms with E-state index in [0.717, 1.165) is 10.0 Å². The van der Waals surface area contributed by atoms with E-state index in [-0.39, 0.29) is 5.91 Å². The summed E-state index contributed by atoms with van der Waals surface area (Å²) in [6.45, 7) is 2.68. The first-order chi connectivity index (χ1) is 6.79. The third kappa shape index (κ3) is 1.99. The summed E-state index contributed by atoms with van der Waals surface area (Å²) < 4.78 is 6.08. The average Bonchev–Trinajstić information content (AvgIpc) is 2.65. The lowest BCUT2D eigenvalue weighted by Crippen LogP contribution is -2.40. The van der Waals surface area contributed by atoms with Gasteiger partial charge in [-0.25, -0.2) is 0 Å². The second-order valence-corrected chi connectivity index (χ2v) is 4.64. The third-order valence-corrected chi connectivity index (χ3v) is 3.85. The van der Waals surface area contributed by atoms with Gasteiger partial charge in [0, 0.05) is 28.3 Å². The van der Waals surface area contributed by atoms with E-state index in [1.807, 2.05) is 15.7 Å². The molecule has 5 heteroatoms. The van der Waals surface area contributed by atoms with E-state index < -0.39 is 0 Å². The summed E-state index contributed by atoms with van der Waals surface area (Å²) in [6, 6.07) is 0. The van der Waals surface area contributed by atoms with Crippen LogP contribution in [0, 0.1) is 0 Å². The Morgan fingerprint density at radius 2 is 2.14 bits per heavy atom. The minimum absolute atomic E-state index is 0.0985. The first-order valence-electron chi connectivity index (χ1n) is 4.38. The molecule has 0 radical (unpaired) electrons. The predicted molar refractivity (Wildman–Crippen MR) is 58.7 cm³/mol. The van der Waals surface area contributed by atoms with Gasteiger partial charge in [-0.3, -0.25) is 4.79 Å². The van der Waals surface area contributed by atoms with Crippen molar-refractivity contribution in [1.82, 2.24) is 4.90 Å². The van der Waals surface area contributed by atoms with E-state index in [1.54, 1.807) is 0 Å². The Bertz CT molecular complexity index is 333. The number of rotatable bonds is 1. The van der Waals surface area contributed by atoms with Crippen molar-refractivity contribution in [2.45, 2.75) is 0 Å². The van der Waals surface area contributed by atoms with Crippen LogP contribution in [0.5, 0.6) is 0 Å². The number of nitrogens with zero attached hydrogens (tertiary/aromatic N) is 1. The summed E-state index contributed by atoms with van der Waals surface area (Å²) in [5.74, 6) is 0.0985. The van der Waals surface area contributed by atoms with E-state index in [2.05, 4.69) is 15.9 Å². The fraction of sp³-hybridized carbons (Fsp3) is 0.444. The van der Waals surface area contributed by atoms with Gasteiger partial charge in [-0.15, -0.1) is 0 Å². The molecule has 2 heterocycles. The van der Waals surface area contributed by atoms with Crippen molar-refractivity contribution in [3.05, 3.63) is 20.8 Å². The molecule has 0 N–H and O–H groups in total. The monoisotopic (exact) mass is 275 g/mol. The Morgan fingerprint density at radius 3 is 2.71 bits per heavy atom. The second kappa shape index (κ2) is 4.42. The summed E-state index contributed by atoms with van der Waals surface area (Å²) in [7, 11) is 0. The highest BCUT2D eigenvalue weighted by atomic mass is 79.9. The van der Waals surface area contributed by atoms with Crippen LogP contribution in [0.4, 0.5) is 0 Å². The van der Waals surface area contributed by atoms with Gasteiger partial charge in [0.15, 0.2) is 0 Å². The molecular weight excluding hydrogens is 266 g/mol. The van der Waals surface area contributed by atoms with Crippen LogP contribution in [0.1, 0.15) is 10.4 Å². The zero-order chi connectivity index (χ0) is 9.97. The number of carbonyl (C=O) groups is 1. The molecule has 0 unspecified atom stereocenters. The molecule has 1 amide bonds. The number of amides is 1. The number of ether oxygens (including phenoxy) is 1. The van der Waals surface area contributed by atoms with Crippen LogP contribution in [0.25, 0.3) is 0 Å². The molecule has 0 aliphatic carbocycles. The smallest absolute Gasteiger partial charge is 0.256 e. The van der Waals surface area contributed by atoms with Gasteiger partial charge in [0.25, 0.3) is 5.91 Å². The van der Waals surface area contributed by atoms with Crippen molar-refractivity contribution in [1.29, 1.82) is 0 Å². The molecule has 0 atom stereocenters. The van der Waals surface area contributed by atoms with Gasteiger partial charge in [0.05, 0.1) is 18.8 Å². The molecule has 1 aromatic rings. The average molecular weight is 276 g/mol. The van der Waals surface area contributed by atoms with Crippen LogP contribution in [-0.4, -0.2) is 37.1 Å². The minimum Gasteiger partial charge on any atom is -0.378 e. The molecule has 1 saturated heterocycles. The number of halogens is 1. The van der Waals surface area contributed by atoms with Crippen molar-refractivity contribution in [2.24, 2.45) is 0 Å². The van der Waals surface area contributed by atoms with Crippen LogP contribution in [0.3, 0.4) is 0 Å². The van der Waals surface area contributed by atoms with Crippen molar-refractivity contribution in [3.8, 4) is 0 Å². The quantitative estimate of drug-likeness (QED) is 0.785. The Kier molecular flexibility index (Phi) is 3.20. The molecular formula is C9H10BrNO2S. The fourth-order valence-corrected chi connectivity index (χ4v) is 2.81. The Hall–Kier alpha value is -0.390. The molecule has 3 nitrogen and oxygen atoms in total. The van der Waals surface area contributed by atoms with Crippen LogP contribution >= 0.6 is 27.3 Å². The summed E-state index contributed by atoms with van der Waals surface area (Å²) in [6.07, 6.45) is 0. The number of thiophene rings is 1. The Balaban J connectivity index is 2.11. The number of carbonyl (C=O) groups excluding carboxylic acids is 1. The molecule has 1 aliphatic heterocycles. The van der Waals surface area contributed by atoms with E-state index >= 15 is 0 Å². The first-order valence-corrected chi connectivity index (χ1v) is 6.11. The van der Waals surface area contributed by atoms with Gasteiger partial charge in [-0.2, -0.15) is 11.3 Å². The van der Waals surface area contributed by atoms with Crippen molar-refractivity contribution in [2.75, 3.05) is 26.3 Å². The molecule has 76 valence electrons. The first kappa shape index (κ1) is 10.1. The normalized spacial score (nSPS) is 17.1. The van der Waals surface area contributed by atoms with Gasteiger partial charge in [-0.05, 0) is 15.9 Å². The minimum atomic E-state index is 0.0985. The maximum Gasteiger partial charge on any atom is 0.256 e. The second-order valence-electron chi connectivity index (χ2n) is 3.04. The lowest BCUT2D eigenvalue weighted by Gasteiger charge is -2.26. The molecule has 0 bridgehead atoms. The van der Waals surface area contributed by atoms with Crippen LogP contribution in [0.2, 0.25) is 0 Å². The van der Waals surface area contributed by atoms with Crippen LogP contribution < -0.4 is 0 Å². The Morgan fingerprint density at radius 1 is 1.43 bits per heavy atom. The molecule has 1 fully saturated rings. The van der Waals surface area contributed by atoms with Gasteiger partial charge in [0.1, 0.15) is 0 Å². The van der Waals surface area contributed by atoms with Gasteiger partial charge >= 0.3 is 0 Å². The highest BCUT2D eigenvalue weighted by molar-refractivity contribution is 9.10. The number of morpholine rings is 1. The van der Waals surface area contributed by atoms with Gasteiger partial charge in [0.2, 0.25) is 0 Å². The van der Waals surface area contributed by atoms with Crippen LogP contribution in [0.15, 0.2) is 15.2 Å². The topological polar surface area (TPSA) is 29.5 Å². The third-order valence-electron chi connectivity index (χ3n) is 2.14. The predicted octanol–water partition coefficient (Wildman–Crippen LogP) is 1.98. The molecule has 14 heavy (non-hydrogen) atoms. The van der Waals surface area contributed by atoms with E-state index in [1.165, 1.54) is 11.3 Å². The lowest BCUT2D eigenvalue weighted by molar-refractivity contribution is 0.0302. The summed E-state index contributed by atoms with van der Waals surface area (Å²) >= 11 is 4.90. The van der Waals surface area contributed by atoms with Crippen molar-refractivity contribution >= 4 is 33.2 Å². The maximum absolute atomic E-state index is 11.9. The highest BCUT2D eigenvalue weighted by Crippen LogP contribution is 2.23. The highest BCUT2D eigenvalue weighted by Gasteiger charge is 2.20. The summed E-state index contributed by atoms with van der Waals surface area (Å²) in [4.78, 5) is 13.8. The largest absolute Gasteiger partial charge is 0.378 e. The van der Waals surface area contributed by atoms with E-state index in [0.29, 0.717) is 26.3 Å². The Labute approximate surface area is 94.8 Å². The molecule has 0 saturated carbocycles. The maximum atomic E-state index is 11.9. The molecule has 0 spiro atoms. The van der Waals surface area contributed by atoms with Crippen molar-refractivity contribution in [3.63, 3.8) is 0 Å². The molecule has 0 aromatic carbocycles. The fourth-order valence-electron chi connectivity index (χ4n) is 1.37. The van der Waals surface area contributed by atoms with Crippen LogP contribution in [-0.2, 0) is 4.74 Å². The van der Waals surface area contributed by atoms with Crippen molar-refractivity contribution < 1.29 is 9.53 Å². The standard InChI is InChI=1S/C9H10BrNO2S/c10-8-6-14-5-7(8)9(12)11-1-3-13-4-2-11/h5-6H,1-4H2. The van der Waals surface area contributed by atoms with E-state index in [4.69, 9.17) is 4.74 Å². The zero-order valence-electron chi connectivity index (χ0n) is 7.53. The van der Waals surface area contributed by atoms with E-state index in [9.17, 15) is 4.79 Å². The van der Waals surface area contributed by atoms with Gasteiger partial charge < -0.3 is 9.64 Å². The number of hydrogen-bond acceptors (Lipinski definition) is 3. The summed E-state index contributed by atoms with van der Waals surface area (Å²) in [5.41, 5.74) is 0.761. The molecule has 2 rings (SSSR count). The molecule has 1 aliphatic rings. The summed E-state index contributed by atoms with van der Waals surface area (Å²) in [5, 5.41) is 3.80. The number of hydrogen-bond donors (Lipinski definition) is 0. The zero-order valence-corrected chi connectivity index (χ0v) is 9.94. The lowest BCUT2D eigenvalue weighted by atomic mass is 10.3. The van der Waals surface area contributed by atoms with Gasteiger partial charge in [-0.1, -0.05) is 0 Å². The molecule has 1 aromatic heterocycles.